The van der Waals surface area contributed by atoms with E-state index in [-0.39, 0.29) is 24.2 Å². The number of amides is 1. The summed E-state index contributed by atoms with van der Waals surface area (Å²) in [5.41, 5.74) is 8.82. The van der Waals surface area contributed by atoms with E-state index in [1.165, 1.54) is 0 Å². The van der Waals surface area contributed by atoms with Gasteiger partial charge in [0.05, 0.1) is 29.4 Å². The van der Waals surface area contributed by atoms with Crippen LogP contribution in [0.2, 0.25) is 10.0 Å². The third-order valence-electron chi connectivity index (χ3n) is 4.55. The third kappa shape index (κ3) is 6.73. The van der Waals surface area contributed by atoms with E-state index < -0.39 is 6.17 Å². The molecule has 0 fully saturated rings. The van der Waals surface area contributed by atoms with Crippen molar-refractivity contribution in [1.29, 1.82) is 0 Å². The maximum Gasteiger partial charge on any atom is 0.252 e. The number of hydrogen-bond acceptors (Lipinski definition) is 3. The largest absolute Gasteiger partial charge is 0.376 e. The number of nitrogens with two attached hydrogens (primary N) is 1. The second kappa shape index (κ2) is 11.9. The van der Waals surface area contributed by atoms with Gasteiger partial charge in [0.25, 0.3) is 5.91 Å². The molecule has 3 aromatic carbocycles. The molecule has 0 bridgehead atoms. The van der Waals surface area contributed by atoms with E-state index in [0.29, 0.717) is 28.8 Å². The highest BCUT2D eigenvalue weighted by Crippen LogP contribution is 2.24. The van der Waals surface area contributed by atoms with Crippen molar-refractivity contribution >= 4 is 41.5 Å². The number of hydrogen-bond donors (Lipinski definition) is 2. The van der Waals surface area contributed by atoms with E-state index in [1.807, 2.05) is 54.6 Å². The Hall–Kier alpha value is -2.08. The zero-order chi connectivity index (χ0) is 20.6. The Morgan fingerprint density at radius 1 is 0.933 bits per heavy atom. The van der Waals surface area contributed by atoms with E-state index in [1.54, 1.807) is 24.3 Å². The SMILES string of the molecule is Cl.NC(NC(=O)c1ccccc1)C(COCc1ccc(Cl)c(Cl)c1)c1ccccc1. The summed E-state index contributed by atoms with van der Waals surface area (Å²) < 4.78 is 5.91. The molecule has 2 unspecified atom stereocenters. The first-order chi connectivity index (χ1) is 14.0. The zero-order valence-corrected chi connectivity index (χ0v) is 18.5. The van der Waals surface area contributed by atoms with Gasteiger partial charge in [-0.3, -0.25) is 4.79 Å². The molecule has 30 heavy (non-hydrogen) atoms. The minimum atomic E-state index is -0.612. The van der Waals surface area contributed by atoms with Crippen LogP contribution in [0.3, 0.4) is 0 Å². The zero-order valence-electron chi connectivity index (χ0n) is 16.1. The van der Waals surface area contributed by atoms with Gasteiger partial charge in [-0.2, -0.15) is 0 Å². The maximum absolute atomic E-state index is 12.5. The minimum Gasteiger partial charge on any atom is -0.376 e. The third-order valence-corrected chi connectivity index (χ3v) is 5.28. The number of nitrogens with one attached hydrogen (secondary N) is 1. The second-order valence-corrected chi connectivity index (χ2v) is 7.46. The van der Waals surface area contributed by atoms with E-state index in [9.17, 15) is 4.79 Å². The van der Waals surface area contributed by atoms with Gasteiger partial charge in [0.15, 0.2) is 0 Å². The average Bonchev–Trinajstić information content (AvgIpc) is 2.75. The number of rotatable bonds is 8. The average molecular weight is 466 g/mol. The second-order valence-electron chi connectivity index (χ2n) is 6.65. The van der Waals surface area contributed by atoms with Crippen LogP contribution in [-0.4, -0.2) is 18.7 Å². The molecule has 2 atom stereocenters. The Labute approximate surface area is 192 Å². The molecular formula is C23H23Cl3N2O2. The maximum atomic E-state index is 12.5. The molecular weight excluding hydrogens is 443 g/mol. The van der Waals surface area contributed by atoms with Crippen molar-refractivity contribution in [2.45, 2.75) is 18.7 Å². The highest BCUT2D eigenvalue weighted by Gasteiger charge is 2.22. The van der Waals surface area contributed by atoms with Crippen LogP contribution in [0, 0.1) is 0 Å². The van der Waals surface area contributed by atoms with Crippen molar-refractivity contribution in [3.05, 3.63) is 106 Å². The van der Waals surface area contributed by atoms with Crippen molar-refractivity contribution in [1.82, 2.24) is 5.32 Å². The molecule has 0 saturated heterocycles. The van der Waals surface area contributed by atoms with Crippen molar-refractivity contribution in [2.24, 2.45) is 5.73 Å². The van der Waals surface area contributed by atoms with Gasteiger partial charge in [-0.05, 0) is 35.4 Å². The topological polar surface area (TPSA) is 64.3 Å². The summed E-state index contributed by atoms with van der Waals surface area (Å²) in [6.45, 7) is 0.695. The summed E-state index contributed by atoms with van der Waals surface area (Å²) in [5.74, 6) is -0.435. The number of halogens is 3. The smallest absolute Gasteiger partial charge is 0.252 e. The first-order valence-corrected chi connectivity index (χ1v) is 9.98. The van der Waals surface area contributed by atoms with Gasteiger partial charge < -0.3 is 15.8 Å². The van der Waals surface area contributed by atoms with Gasteiger partial charge in [-0.1, -0.05) is 77.8 Å². The molecule has 4 nitrogen and oxygen atoms in total. The van der Waals surface area contributed by atoms with Crippen LogP contribution in [0.25, 0.3) is 0 Å². The molecule has 0 spiro atoms. The molecule has 0 radical (unpaired) electrons. The molecule has 3 rings (SSSR count). The van der Waals surface area contributed by atoms with Crippen molar-refractivity contribution in [3.63, 3.8) is 0 Å². The van der Waals surface area contributed by atoms with E-state index in [4.69, 9.17) is 33.7 Å². The van der Waals surface area contributed by atoms with Crippen molar-refractivity contribution in [2.75, 3.05) is 6.61 Å². The fraction of sp³-hybridized carbons (Fsp3) is 0.174. The fourth-order valence-corrected chi connectivity index (χ4v) is 3.29. The Balaban J connectivity index is 0.00000320. The van der Waals surface area contributed by atoms with Crippen LogP contribution in [0.4, 0.5) is 0 Å². The van der Waals surface area contributed by atoms with Gasteiger partial charge in [0.1, 0.15) is 0 Å². The Kier molecular flexibility index (Phi) is 9.63. The van der Waals surface area contributed by atoms with Crippen LogP contribution >= 0.6 is 35.6 Å². The lowest BCUT2D eigenvalue weighted by Gasteiger charge is -2.25. The molecule has 0 aliphatic heterocycles. The molecule has 158 valence electrons. The lowest BCUT2D eigenvalue weighted by molar-refractivity contribution is 0.0844. The van der Waals surface area contributed by atoms with Crippen molar-refractivity contribution < 1.29 is 9.53 Å². The molecule has 0 aliphatic rings. The molecule has 0 saturated carbocycles. The molecule has 0 aromatic heterocycles. The van der Waals surface area contributed by atoms with E-state index in [2.05, 4.69) is 5.32 Å². The van der Waals surface area contributed by atoms with E-state index >= 15 is 0 Å². The molecule has 7 heteroatoms. The summed E-state index contributed by atoms with van der Waals surface area (Å²) >= 11 is 12.0. The Bertz CT molecular complexity index is 940. The Morgan fingerprint density at radius 3 is 2.20 bits per heavy atom. The quantitative estimate of drug-likeness (QED) is 0.436. The highest BCUT2D eigenvalue weighted by molar-refractivity contribution is 6.42. The summed E-state index contributed by atoms with van der Waals surface area (Å²) in [4.78, 5) is 12.5. The van der Waals surface area contributed by atoms with Crippen LogP contribution in [0.1, 0.15) is 27.4 Å². The number of carbonyl (C=O) groups is 1. The van der Waals surface area contributed by atoms with Crippen LogP contribution in [-0.2, 0) is 11.3 Å². The number of carbonyl (C=O) groups excluding carboxylic acids is 1. The van der Waals surface area contributed by atoms with Gasteiger partial charge >= 0.3 is 0 Å². The normalized spacial score (nSPS) is 12.5. The lowest BCUT2D eigenvalue weighted by Crippen LogP contribution is -2.47. The molecule has 1 amide bonds. The highest BCUT2D eigenvalue weighted by atomic mass is 35.5. The van der Waals surface area contributed by atoms with Gasteiger partial charge in [0, 0.05) is 11.5 Å². The van der Waals surface area contributed by atoms with Gasteiger partial charge in [-0.25, -0.2) is 0 Å². The van der Waals surface area contributed by atoms with Crippen LogP contribution in [0.15, 0.2) is 78.9 Å². The van der Waals surface area contributed by atoms with Gasteiger partial charge in [0.2, 0.25) is 0 Å². The monoisotopic (exact) mass is 464 g/mol. The lowest BCUT2D eigenvalue weighted by atomic mass is 9.96. The molecule has 0 aliphatic carbocycles. The summed E-state index contributed by atoms with van der Waals surface area (Å²) in [5, 5.41) is 3.87. The predicted octanol–water partition coefficient (Wildman–Crippen LogP) is 5.43. The predicted molar refractivity (Wildman–Crippen MR) is 124 cm³/mol. The summed E-state index contributed by atoms with van der Waals surface area (Å²) in [6.07, 6.45) is -0.612. The first-order valence-electron chi connectivity index (χ1n) is 9.22. The molecule has 3 aromatic rings. The summed E-state index contributed by atoms with van der Waals surface area (Å²) in [6, 6.07) is 24.1. The summed E-state index contributed by atoms with van der Waals surface area (Å²) in [7, 11) is 0. The fourth-order valence-electron chi connectivity index (χ4n) is 2.97. The van der Waals surface area contributed by atoms with Crippen LogP contribution in [0.5, 0.6) is 0 Å². The first kappa shape index (κ1) is 24.2. The molecule has 3 N–H and O–H groups in total. The number of benzene rings is 3. The standard InChI is InChI=1S/C23H22Cl2N2O2.ClH/c24-20-12-11-16(13-21(20)25)14-29-15-19(17-7-3-1-4-8-17)22(26)27-23(28)18-9-5-2-6-10-18;/h1-13,19,22H,14-15,26H2,(H,27,28);1H. The van der Waals surface area contributed by atoms with Crippen LogP contribution < -0.4 is 11.1 Å². The number of ether oxygens (including phenoxy) is 1. The van der Waals surface area contributed by atoms with Crippen molar-refractivity contribution in [3.8, 4) is 0 Å². The van der Waals surface area contributed by atoms with E-state index in [0.717, 1.165) is 11.1 Å². The Morgan fingerprint density at radius 2 is 1.57 bits per heavy atom. The molecule has 0 heterocycles. The van der Waals surface area contributed by atoms with Gasteiger partial charge in [-0.15, -0.1) is 12.4 Å². The minimum absolute atomic E-state index is 0.